The Morgan fingerprint density at radius 2 is 2.00 bits per heavy atom. The van der Waals surface area contributed by atoms with Crippen LogP contribution in [0.3, 0.4) is 0 Å². The lowest BCUT2D eigenvalue weighted by Crippen LogP contribution is -2.15. The van der Waals surface area contributed by atoms with E-state index in [9.17, 15) is 8.42 Å². The molecule has 1 unspecified atom stereocenters. The average Bonchev–Trinajstić information content (AvgIpc) is 1.93. The third-order valence-corrected chi connectivity index (χ3v) is 3.65. The second-order valence-corrected chi connectivity index (χ2v) is 6.85. The topological polar surface area (TPSA) is 60.2 Å². The molecule has 0 saturated carbocycles. The van der Waals surface area contributed by atoms with Crippen LogP contribution in [-0.2, 0) is 9.84 Å². The number of rotatable bonds is 7. The van der Waals surface area contributed by atoms with E-state index < -0.39 is 9.84 Å². The summed E-state index contributed by atoms with van der Waals surface area (Å²) in [7, 11) is -2.77. The zero-order valence-electron chi connectivity index (χ0n) is 8.32. The predicted molar refractivity (Wildman–Crippen MR) is 59.9 cm³/mol. The maximum Gasteiger partial charge on any atom is 0.147 e. The van der Waals surface area contributed by atoms with Gasteiger partial charge < -0.3 is 5.73 Å². The summed E-state index contributed by atoms with van der Waals surface area (Å²) in [5.74, 6) is 2.25. The minimum Gasteiger partial charge on any atom is -0.328 e. The quantitative estimate of drug-likeness (QED) is 0.654. The smallest absolute Gasteiger partial charge is 0.147 e. The molecule has 0 aliphatic rings. The second kappa shape index (κ2) is 6.68. The molecule has 0 saturated heterocycles. The molecule has 3 nitrogen and oxygen atoms in total. The highest BCUT2D eigenvalue weighted by Crippen LogP contribution is 2.06. The van der Waals surface area contributed by atoms with Crippen LogP contribution in [0.1, 0.15) is 19.8 Å². The summed E-state index contributed by atoms with van der Waals surface area (Å²) in [6.07, 6.45) is 3.03. The van der Waals surface area contributed by atoms with Crippen molar-refractivity contribution >= 4 is 21.6 Å². The Balaban J connectivity index is 3.18. The molecule has 0 fully saturated rings. The van der Waals surface area contributed by atoms with E-state index in [0.29, 0.717) is 5.75 Å². The van der Waals surface area contributed by atoms with Crippen molar-refractivity contribution < 1.29 is 8.42 Å². The molecule has 1 atom stereocenters. The number of thioether (sulfide) groups is 1. The van der Waals surface area contributed by atoms with Crippen molar-refractivity contribution in [2.45, 2.75) is 25.8 Å². The van der Waals surface area contributed by atoms with Gasteiger partial charge in [0.1, 0.15) is 9.84 Å². The Labute approximate surface area is 85.4 Å². The van der Waals surface area contributed by atoms with Crippen molar-refractivity contribution in [3.8, 4) is 0 Å². The molecule has 0 bridgehead atoms. The predicted octanol–water partition coefficient (Wildman–Crippen LogP) is 0.892. The number of sulfone groups is 1. The maximum atomic E-state index is 10.7. The Hall–Kier alpha value is 0.260. The normalized spacial score (nSPS) is 14.4. The van der Waals surface area contributed by atoms with Gasteiger partial charge in [-0.25, -0.2) is 8.42 Å². The molecule has 0 radical (unpaired) electrons. The summed E-state index contributed by atoms with van der Waals surface area (Å²) in [6.45, 7) is 1.98. The van der Waals surface area contributed by atoms with Gasteiger partial charge in [0.05, 0.1) is 5.75 Å². The molecule has 0 aromatic rings. The van der Waals surface area contributed by atoms with Crippen molar-refractivity contribution in [1.29, 1.82) is 0 Å². The first kappa shape index (κ1) is 13.3. The van der Waals surface area contributed by atoms with Crippen LogP contribution < -0.4 is 5.73 Å². The summed E-state index contributed by atoms with van der Waals surface area (Å²) in [4.78, 5) is 0. The third kappa shape index (κ3) is 12.3. The molecule has 0 heterocycles. The molecule has 0 aliphatic carbocycles. The van der Waals surface area contributed by atoms with Gasteiger partial charge in [-0.1, -0.05) is 0 Å². The maximum absolute atomic E-state index is 10.7. The van der Waals surface area contributed by atoms with Crippen LogP contribution in [0, 0.1) is 0 Å². The van der Waals surface area contributed by atoms with Gasteiger partial charge in [0.25, 0.3) is 0 Å². The zero-order chi connectivity index (χ0) is 10.3. The molecule has 80 valence electrons. The van der Waals surface area contributed by atoms with Crippen molar-refractivity contribution in [3.05, 3.63) is 0 Å². The highest BCUT2D eigenvalue weighted by molar-refractivity contribution is 7.99. The molecular weight excluding hydrogens is 206 g/mol. The van der Waals surface area contributed by atoms with Crippen molar-refractivity contribution in [2.24, 2.45) is 5.73 Å². The highest BCUT2D eigenvalue weighted by atomic mass is 32.2. The number of nitrogens with two attached hydrogens (primary N) is 1. The molecule has 5 heteroatoms. The highest BCUT2D eigenvalue weighted by Gasteiger charge is 2.01. The average molecular weight is 225 g/mol. The van der Waals surface area contributed by atoms with Gasteiger partial charge in [-0.2, -0.15) is 11.8 Å². The first-order valence-electron chi connectivity index (χ1n) is 4.43. The molecule has 0 aromatic carbocycles. The van der Waals surface area contributed by atoms with Gasteiger partial charge in [-0.05, 0) is 31.3 Å². The van der Waals surface area contributed by atoms with E-state index in [0.717, 1.165) is 24.3 Å². The van der Waals surface area contributed by atoms with Crippen molar-refractivity contribution in [3.63, 3.8) is 0 Å². The van der Waals surface area contributed by atoms with E-state index in [4.69, 9.17) is 5.73 Å². The van der Waals surface area contributed by atoms with Gasteiger partial charge in [-0.15, -0.1) is 0 Å². The van der Waals surface area contributed by atoms with Crippen LogP contribution in [-0.4, -0.2) is 38.0 Å². The molecule has 0 aromatic heterocycles. The fourth-order valence-electron chi connectivity index (χ4n) is 0.794. The first-order valence-corrected chi connectivity index (χ1v) is 7.64. The molecule has 13 heavy (non-hydrogen) atoms. The fourth-order valence-corrected chi connectivity index (χ4v) is 2.74. The van der Waals surface area contributed by atoms with E-state index in [2.05, 4.69) is 0 Å². The Kier molecular flexibility index (Phi) is 6.81. The summed E-state index contributed by atoms with van der Waals surface area (Å²) in [6, 6.07) is 0.252. The zero-order valence-corrected chi connectivity index (χ0v) is 9.96. The summed E-state index contributed by atoms with van der Waals surface area (Å²) < 4.78 is 21.5. The summed E-state index contributed by atoms with van der Waals surface area (Å²) in [5.41, 5.74) is 5.57. The summed E-state index contributed by atoms with van der Waals surface area (Å²) >= 11 is 1.78. The summed E-state index contributed by atoms with van der Waals surface area (Å²) in [5, 5.41) is 0. The van der Waals surface area contributed by atoms with E-state index in [1.54, 1.807) is 11.8 Å². The molecule has 0 spiro atoms. The van der Waals surface area contributed by atoms with E-state index in [-0.39, 0.29) is 6.04 Å². The lowest BCUT2D eigenvalue weighted by Gasteiger charge is -2.03. The lowest BCUT2D eigenvalue weighted by molar-refractivity contribution is 0.600. The molecule has 2 N–H and O–H groups in total. The fraction of sp³-hybridized carbons (Fsp3) is 1.00. The molecule has 0 amide bonds. The minimum absolute atomic E-state index is 0.252. The van der Waals surface area contributed by atoms with Gasteiger partial charge in [-0.3, -0.25) is 0 Å². The monoisotopic (exact) mass is 225 g/mol. The standard InChI is InChI=1S/C8H19NO2S2/c1-8(9)4-6-12-5-3-7-13(2,10)11/h8H,3-7,9H2,1-2H3. The van der Waals surface area contributed by atoms with Crippen molar-refractivity contribution in [1.82, 2.24) is 0 Å². The molecule has 0 rings (SSSR count). The van der Waals surface area contributed by atoms with Crippen LogP contribution in [0.2, 0.25) is 0 Å². The number of hydrogen-bond donors (Lipinski definition) is 1. The van der Waals surface area contributed by atoms with Crippen molar-refractivity contribution in [2.75, 3.05) is 23.5 Å². The van der Waals surface area contributed by atoms with E-state index in [1.165, 1.54) is 6.26 Å². The van der Waals surface area contributed by atoms with E-state index in [1.807, 2.05) is 6.92 Å². The van der Waals surface area contributed by atoms with Gasteiger partial charge in [0.2, 0.25) is 0 Å². The second-order valence-electron chi connectivity index (χ2n) is 3.36. The SMILES string of the molecule is CC(N)CCSCCCS(C)(=O)=O. The molecule has 0 aliphatic heterocycles. The van der Waals surface area contributed by atoms with Gasteiger partial charge in [0.15, 0.2) is 0 Å². The van der Waals surface area contributed by atoms with Gasteiger partial charge >= 0.3 is 0 Å². The van der Waals surface area contributed by atoms with Crippen LogP contribution >= 0.6 is 11.8 Å². The van der Waals surface area contributed by atoms with Crippen LogP contribution in [0.15, 0.2) is 0 Å². The Morgan fingerprint density at radius 3 is 2.46 bits per heavy atom. The largest absolute Gasteiger partial charge is 0.328 e. The first-order chi connectivity index (χ1) is 5.92. The minimum atomic E-state index is -2.77. The van der Waals surface area contributed by atoms with Crippen LogP contribution in [0.5, 0.6) is 0 Å². The lowest BCUT2D eigenvalue weighted by atomic mass is 10.3. The Bertz CT molecular complexity index is 212. The number of hydrogen-bond acceptors (Lipinski definition) is 4. The molecular formula is C8H19NO2S2. The van der Waals surface area contributed by atoms with Crippen LogP contribution in [0.4, 0.5) is 0 Å². The van der Waals surface area contributed by atoms with Gasteiger partial charge in [0, 0.05) is 12.3 Å². The van der Waals surface area contributed by atoms with Crippen LogP contribution in [0.25, 0.3) is 0 Å². The third-order valence-electron chi connectivity index (χ3n) is 1.52. The van der Waals surface area contributed by atoms with E-state index >= 15 is 0 Å². The Morgan fingerprint density at radius 1 is 1.38 bits per heavy atom.